The van der Waals surface area contributed by atoms with Crippen molar-refractivity contribution in [2.24, 2.45) is 7.05 Å². The Kier molecular flexibility index (Phi) is 3.94. The van der Waals surface area contributed by atoms with E-state index in [1.54, 1.807) is 12.3 Å². The summed E-state index contributed by atoms with van der Waals surface area (Å²) in [5.41, 5.74) is 6.60. The molecule has 6 aromatic rings. The van der Waals surface area contributed by atoms with Crippen LogP contribution in [0.4, 0.5) is 4.39 Å². The fourth-order valence-corrected chi connectivity index (χ4v) is 4.08. The third-order valence-electron chi connectivity index (χ3n) is 5.86. The lowest BCUT2D eigenvalue weighted by Crippen LogP contribution is -1.94. The van der Waals surface area contributed by atoms with Crippen LogP contribution in [-0.2, 0) is 7.05 Å². The number of pyridine rings is 2. The molecule has 32 heavy (non-hydrogen) atoms. The van der Waals surface area contributed by atoms with Gasteiger partial charge in [-0.1, -0.05) is 12.1 Å². The molecule has 0 saturated carbocycles. The Hall–Kier alpha value is -4.33. The molecule has 0 fully saturated rings. The van der Waals surface area contributed by atoms with Gasteiger partial charge in [0.2, 0.25) is 0 Å². The average Bonchev–Trinajstić information content (AvgIpc) is 3.50. The zero-order valence-corrected chi connectivity index (χ0v) is 17.4. The van der Waals surface area contributed by atoms with Gasteiger partial charge in [-0.3, -0.25) is 5.10 Å². The molecule has 0 unspecified atom stereocenters. The number of nitrogens with one attached hydrogen (secondary N) is 2. The molecule has 5 aromatic heterocycles. The first-order valence-electron chi connectivity index (χ1n) is 10.2. The summed E-state index contributed by atoms with van der Waals surface area (Å²) in [6.07, 6.45) is 5.38. The normalized spacial score (nSPS) is 11.6. The molecule has 8 heteroatoms. The number of aromatic nitrogens is 7. The summed E-state index contributed by atoms with van der Waals surface area (Å²) in [6, 6.07) is 12.5. The minimum atomic E-state index is -0.273. The van der Waals surface area contributed by atoms with Crippen molar-refractivity contribution in [3.63, 3.8) is 0 Å². The van der Waals surface area contributed by atoms with Gasteiger partial charge in [0, 0.05) is 35.8 Å². The van der Waals surface area contributed by atoms with Gasteiger partial charge in [-0.25, -0.2) is 19.3 Å². The molecule has 0 spiro atoms. The number of hydrogen-bond acceptors (Lipinski definition) is 4. The van der Waals surface area contributed by atoms with Crippen LogP contribution in [0.5, 0.6) is 0 Å². The van der Waals surface area contributed by atoms with E-state index in [0.29, 0.717) is 11.3 Å². The monoisotopic (exact) mass is 423 g/mol. The molecule has 0 saturated heterocycles. The molecule has 0 bridgehead atoms. The van der Waals surface area contributed by atoms with Gasteiger partial charge in [0.25, 0.3) is 0 Å². The summed E-state index contributed by atoms with van der Waals surface area (Å²) >= 11 is 0. The van der Waals surface area contributed by atoms with Crippen LogP contribution >= 0.6 is 0 Å². The molecule has 0 aliphatic heterocycles. The summed E-state index contributed by atoms with van der Waals surface area (Å²) < 4.78 is 15.8. The highest BCUT2D eigenvalue weighted by atomic mass is 19.1. The summed E-state index contributed by atoms with van der Waals surface area (Å²) in [4.78, 5) is 16.8. The third-order valence-corrected chi connectivity index (χ3v) is 5.86. The van der Waals surface area contributed by atoms with E-state index in [-0.39, 0.29) is 5.82 Å². The Morgan fingerprint density at radius 3 is 2.62 bits per heavy atom. The molecule has 0 amide bonds. The molecule has 2 N–H and O–H groups in total. The maximum Gasteiger partial charge on any atom is 0.155 e. The number of nitrogens with zero attached hydrogens (tertiary/aromatic N) is 5. The number of benzene rings is 1. The Labute approximate surface area is 182 Å². The topological polar surface area (TPSA) is 88.1 Å². The second-order valence-corrected chi connectivity index (χ2v) is 7.76. The highest BCUT2D eigenvalue weighted by Crippen LogP contribution is 2.34. The van der Waals surface area contributed by atoms with Crippen molar-refractivity contribution >= 4 is 22.1 Å². The summed E-state index contributed by atoms with van der Waals surface area (Å²) in [5, 5.41) is 9.31. The van der Waals surface area contributed by atoms with Crippen LogP contribution < -0.4 is 0 Å². The first kappa shape index (κ1) is 18.4. The SMILES string of the molecule is Cc1ncc(-c2cnc3[nH]nc(-c4cc5c(-c6cccc(F)c6)ccnc5[nH]4)c3c2)n1C. The molecule has 0 atom stereocenters. The van der Waals surface area contributed by atoms with Crippen molar-refractivity contribution in [3.05, 3.63) is 72.7 Å². The molecule has 0 radical (unpaired) electrons. The molecule has 6 rings (SSSR count). The first-order chi connectivity index (χ1) is 15.6. The van der Waals surface area contributed by atoms with Crippen molar-refractivity contribution in [2.75, 3.05) is 0 Å². The first-order valence-corrected chi connectivity index (χ1v) is 10.2. The van der Waals surface area contributed by atoms with E-state index in [1.807, 2.05) is 49.1 Å². The van der Waals surface area contributed by atoms with Gasteiger partial charge in [0.1, 0.15) is 23.0 Å². The molecule has 0 aliphatic carbocycles. The number of fused-ring (bicyclic) bond motifs is 2. The van der Waals surface area contributed by atoms with Crippen molar-refractivity contribution in [1.29, 1.82) is 0 Å². The number of rotatable bonds is 3. The van der Waals surface area contributed by atoms with Crippen LogP contribution in [0.2, 0.25) is 0 Å². The lowest BCUT2D eigenvalue weighted by Gasteiger charge is -2.04. The van der Waals surface area contributed by atoms with Crippen molar-refractivity contribution < 1.29 is 4.39 Å². The average molecular weight is 423 g/mol. The van der Waals surface area contributed by atoms with Crippen LogP contribution in [-0.4, -0.2) is 34.7 Å². The summed E-state index contributed by atoms with van der Waals surface area (Å²) in [5.74, 6) is 0.657. The van der Waals surface area contributed by atoms with Crippen LogP contribution in [0.25, 0.3) is 55.8 Å². The van der Waals surface area contributed by atoms with Gasteiger partial charge in [-0.15, -0.1) is 0 Å². The van der Waals surface area contributed by atoms with E-state index in [0.717, 1.165) is 50.4 Å². The second-order valence-electron chi connectivity index (χ2n) is 7.76. The minimum absolute atomic E-state index is 0.273. The number of imidazole rings is 1. The van der Waals surface area contributed by atoms with E-state index in [9.17, 15) is 4.39 Å². The lowest BCUT2D eigenvalue weighted by atomic mass is 10.0. The smallest absolute Gasteiger partial charge is 0.155 e. The molecular formula is C24H18FN7. The highest BCUT2D eigenvalue weighted by molar-refractivity contribution is 5.99. The van der Waals surface area contributed by atoms with Crippen LogP contribution in [0.15, 0.2) is 61.1 Å². The molecule has 1 aromatic carbocycles. The van der Waals surface area contributed by atoms with Gasteiger partial charge in [-0.2, -0.15) is 5.10 Å². The zero-order chi connectivity index (χ0) is 21.8. The third kappa shape index (κ3) is 2.80. The van der Waals surface area contributed by atoms with Crippen molar-refractivity contribution in [1.82, 2.24) is 34.7 Å². The largest absolute Gasteiger partial charge is 0.338 e. The number of hydrogen-bond donors (Lipinski definition) is 2. The Morgan fingerprint density at radius 2 is 1.81 bits per heavy atom. The quantitative estimate of drug-likeness (QED) is 0.419. The van der Waals surface area contributed by atoms with E-state index >= 15 is 0 Å². The fourth-order valence-electron chi connectivity index (χ4n) is 4.08. The van der Waals surface area contributed by atoms with Gasteiger partial charge >= 0.3 is 0 Å². The van der Waals surface area contributed by atoms with Crippen LogP contribution in [0, 0.1) is 12.7 Å². The molecule has 5 heterocycles. The van der Waals surface area contributed by atoms with Gasteiger partial charge in [-0.05, 0) is 48.4 Å². The number of aromatic amines is 2. The molecular weight excluding hydrogens is 405 g/mol. The maximum atomic E-state index is 13.8. The summed E-state index contributed by atoms with van der Waals surface area (Å²) in [7, 11) is 1.98. The van der Waals surface area contributed by atoms with Crippen LogP contribution in [0.3, 0.4) is 0 Å². The second kappa shape index (κ2) is 6.84. The van der Waals surface area contributed by atoms with Gasteiger partial charge < -0.3 is 9.55 Å². The van der Waals surface area contributed by atoms with E-state index in [2.05, 4.69) is 36.2 Å². The fraction of sp³-hybridized carbons (Fsp3) is 0.0833. The predicted octanol–water partition coefficient (Wildman–Crippen LogP) is 5.02. The molecule has 0 aliphatic rings. The van der Waals surface area contributed by atoms with Gasteiger partial charge in [0.15, 0.2) is 5.65 Å². The number of halogens is 1. The summed E-state index contributed by atoms with van der Waals surface area (Å²) in [6.45, 7) is 1.96. The van der Waals surface area contributed by atoms with E-state index in [1.165, 1.54) is 12.1 Å². The Morgan fingerprint density at radius 1 is 0.906 bits per heavy atom. The van der Waals surface area contributed by atoms with Crippen molar-refractivity contribution in [3.8, 4) is 33.8 Å². The highest BCUT2D eigenvalue weighted by Gasteiger charge is 2.16. The maximum absolute atomic E-state index is 13.8. The minimum Gasteiger partial charge on any atom is -0.338 e. The van der Waals surface area contributed by atoms with E-state index < -0.39 is 0 Å². The van der Waals surface area contributed by atoms with E-state index in [4.69, 9.17) is 0 Å². The standard InChI is InChI=1S/C24H18FN7/c1-13-27-12-21(32(13)2)15-9-19-22(30-31-24(19)28-11-15)20-10-18-17(6-7-26-23(18)29-20)14-4-3-5-16(25)8-14/h3-12H,1-2H3,(H,26,29)(H,28,30,31). The van der Waals surface area contributed by atoms with Gasteiger partial charge in [0.05, 0.1) is 17.6 Å². The predicted molar refractivity (Wildman–Crippen MR) is 121 cm³/mol. The van der Waals surface area contributed by atoms with Crippen LogP contribution in [0.1, 0.15) is 5.82 Å². The Bertz CT molecular complexity index is 1620. The lowest BCUT2D eigenvalue weighted by molar-refractivity contribution is 0.628. The Balaban J connectivity index is 1.52. The molecule has 156 valence electrons. The number of H-pyrrole nitrogens is 2. The van der Waals surface area contributed by atoms with Crippen molar-refractivity contribution in [2.45, 2.75) is 6.92 Å². The molecule has 7 nitrogen and oxygen atoms in total. The zero-order valence-electron chi connectivity index (χ0n) is 17.4. The number of aryl methyl sites for hydroxylation is 1.